The van der Waals surface area contributed by atoms with Gasteiger partial charge in [0.05, 0.1) is 16.2 Å². The van der Waals surface area contributed by atoms with Crippen molar-refractivity contribution in [3.05, 3.63) is 34.3 Å². The molecule has 19 heavy (non-hydrogen) atoms. The van der Waals surface area contributed by atoms with Crippen LogP contribution in [0.15, 0.2) is 18.2 Å². The molecule has 104 valence electrons. The fourth-order valence-electron chi connectivity index (χ4n) is 2.45. The summed E-state index contributed by atoms with van der Waals surface area (Å²) in [5.74, 6) is -0.0357. The van der Waals surface area contributed by atoms with E-state index >= 15 is 0 Å². The van der Waals surface area contributed by atoms with Crippen molar-refractivity contribution in [1.29, 1.82) is 0 Å². The van der Waals surface area contributed by atoms with Gasteiger partial charge in [0.1, 0.15) is 0 Å². The van der Waals surface area contributed by atoms with Crippen LogP contribution in [-0.4, -0.2) is 34.6 Å². The fourth-order valence-corrected chi connectivity index (χ4v) is 2.66. The zero-order valence-electron chi connectivity index (χ0n) is 11.4. The molecule has 1 atom stereocenters. The van der Waals surface area contributed by atoms with Crippen LogP contribution in [0, 0.1) is 6.92 Å². The number of likely N-dealkylation sites (tertiary alicyclic amines) is 1. The fraction of sp³-hybridized carbons (Fsp3) is 0.533. The summed E-state index contributed by atoms with van der Waals surface area (Å²) in [7, 11) is 0. The maximum Gasteiger partial charge on any atom is 0.255 e. The average molecular weight is 282 g/mol. The maximum atomic E-state index is 12.5. The van der Waals surface area contributed by atoms with Crippen molar-refractivity contribution in [3.8, 4) is 0 Å². The summed E-state index contributed by atoms with van der Waals surface area (Å²) < 4.78 is 0. The highest BCUT2D eigenvalue weighted by Crippen LogP contribution is 2.25. The highest BCUT2D eigenvalue weighted by molar-refractivity contribution is 6.34. The van der Waals surface area contributed by atoms with Gasteiger partial charge in [-0.3, -0.25) is 4.79 Å². The summed E-state index contributed by atoms with van der Waals surface area (Å²) in [4.78, 5) is 14.3. The third kappa shape index (κ3) is 3.28. The Labute approximate surface area is 119 Å². The maximum absolute atomic E-state index is 12.5. The molecular weight excluding hydrogens is 262 g/mol. The highest BCUT2D eigenvalue weighted by Gasteiger charge is 2.28. The Morgan fingerprint density at radius 2 is 2.11 bits per heavy atom. The molecule has 1 amide bonds. The quantitative estimate of drug-likeness (QED) is 0.860. The summed E-state index contributed by atoms with van der Waals surface area (Å²) in [6, 6.07) is 5.51. The van der Waals surface area contributed by atoms with Gasteiger partial charge in [-0.1, -0.05) is 23.7 Å². The monoisotopic (exact) mass is 281 g/mol. The molecule has 1 aromatic carbocycles. The molecule has 0 saturated carbocycles. The first kappa shape index (κ1) is 14.4. The normalized spacial score (nSPS) is 24.1. The number of hydrogen-bond donors (Lipinski definition) is 1. The molecule has 1 N–H and O–H groups in total. The molecule has 1 saturated heterocycles. The van der Waals surface area contributed by atoms with E-state index in [1.165, 1.54) is 0 Å². The minimum atomic E-state index is -0.661. The summed E-state index contributed by atoms with van der Waals surface area (Å²) in [5.41, 5.74) is 0.809. The van der Waals surface area contributed by atoms with Crippen LogP contribution in [0.3, 0.4) is 0 Å². The van der Waals surface area contributed by atoms with Gasteiger partial charge in [0.15, 0.2) is 0 Å². The number of halogens is 1. The van der Waals surface area contributed by atoms with Gasteiger partial charge in [-0.25, -0.2) is 0 Å². The first-order valence-corrected chi connectivity index (χ1v) is 7.05. The number of carbonyl (C=O) groups excluding carboxylic acids is 1. The molecule has 1 aliphatic heterocycles. The van der Waals surface area contributed by atoms with Crippen LogP contribution in [0.25, 0.3) is 0 Å². The van der Waals surface area contributed by atoms with Gasteiger partial charge in [0, 0.05) is 13.1 Å². The Kier molecular flexibility index (Phi) is 4.16. The highest BCUT2D eigenvalue weighted by atomic mass is 35.5. The number of rotatable bonds is 1. The molecule has 0 spiro atoms. The van der Waals surface area contributed by atoms with Crippen molar-refractivity contribution in [2.75, 3.05) is 13.1 Å². The Morgan fingerprint density at radius 1 is 1.37 bits per heavy atom. The standard InChI is InChI=1S/C15H20ClNO2/c1-11-5-3-6-12(13(11)16)14(18)17-9-4-7-15(2,19)8-10-17/h3,5-6,19H,4,7-10H2,1-2H3. The van der Waals surface area contributed by atoms with E-state index in [0.717, 1.165) is 18.4 Å². The first-order chi connectivity index (χ1) is 8.91. The summed E-state index contributed by atoms with van der Waals surface area (Å²) >= 11 is 6.21. The van der Waals surface area contributed by atoms with Gasteiger partial charge in [-0.05, 0) is 44.7 Å². The van der Waals surface area contributed by atoms with Crippen molar-refractivity contribution in [2.45, 2.75) is 38.7 Å². The smallest absolute Gasteiger partial charge is 0.255 e. The molecule has 1 aliphatic rings. The van der Waals surface area contributed by atoms with E-state index in [-0.39, 0.29) is 5.91 Å². The Hall–Kier alpha value is -1.06. The number of aliphatic hydroxyl groups is 1. The van der Waals surface area contributed by atoms with Crippen LogP contribution in [0.1, 0.15) is 42.1 Å². The Morgan fingerprint density at radius 3 is 2.84 bits per heavy atom. The summed E-state index contributed by atoms with van der Waals surface area (Å²) in [6.45, 7) is 4.99. The lowest BCUT2D eigenvalue weighted by atomic mass is 9.98. The van der Waals surface area contributed by atoms with E-state index in [1.54, 1.807) is 11.0 Å². The Bertz CT molecular complexity index is 485. The molecule has 4 heteroatoms. The Balaban J connectivity index is 2.18. The lowest BCUT2D eigenvalue weighted by Crippen LogP contribution is -2.33. The van der Waals surface area contributed by atoms with Crippen LogP contribution in [0.2, 0.25) is 5.02 Å². The third-order valence-corrected chi connectivity index (χ3v) is 4.27. The molecule has 0 radical (unpaired) electrons. The van der Waals surface area contributed by atoms with E-state index in [0.29, 0.717) is 30.1 Å². The van der Waals surface area contributed by atoms with E-state index < -0.39 is 5.60 Å². The third-order valence-electron chi connectivity index (χ3n) is 3.77. The number of amides is 1. The van der Waals surface area contributed by atoms with Gasteiger partial charge in [0.2, 0.25) is 0 Å². The lowest BCUT2D eigenvalue weighted by molar-refractivity contribution is 0.0438. The van der Waals surface area contributed by atoms with Crippen LogP contribution in [-0.2, 0) is 0 Å². The molecule has 1 heterocycles. The van der Waals surface area contributed by atoms with E-state index in [2.05, 4.69) is 0 Å². The molecule has 3 nitrogen and oxygen atoms in total. The van der Waals surface area contributed by atoms with E-state index in [9.17, 15) is 9.90 Å². The lowest BCUT2D eigenvalue weighted by Gasteiger charge is -2.23. The molecule has 1 fully saturated rings. The SMILES string of the molecule is Cc1cccc(C(=O)N2CCCC(C)(O)CC2)c1Cl. The second-order valence-electron chi connectivity index (χ2n) is 5.58. The van der Waals surface area contributed by atoms with Crippen molar-refractivity contribution >= 4 is 17.5 Å². The predicted octanol–water partition coefficient (Wildman–Crippen LogP) is 3.03. The zero-order chi connectivity index (χ0) is 14.0. The van der Waals surface area contributed by atoms with Crippen molar-refractivity contribution in [2.24, 2.45) is 0 Å². The van der Waals surface area contributed by atoms with Crippen LogP contribution in [0.4, 0.5) is 0 Å². The van der Waals surface area contributed by atoms with Crippen LogP contribution < -0.4 is 0 Å². The second kappa shape index (κ2) is 5.51. The zero-order valence-corrected chi connectivity index (χ0v) is 12.2. The molecule has 0 aliphatic carbocycles. The van der Waals surface area contributed by atoms with Crippen LogP contribution in [0.5, 0.6) is 0 Å². The summed E-state index contributed by atoms with van der Waals surface area (Å²) in [6.07, 6.45) is 2.17. The number of nitrogens with zero attached hydrogens (tertiary/aromatic N) is 1. The van der Waals surface area contributed by atoms with E-state index in [1.807, 2.05) is 26.0 Å². The number of hydrogen-bond acceptors (Lipinski definition) is 2. The molecule has 0 bridgehead atoms. The molecular formula is C15H20ClNO2. The first-order valence-electron chi connectivity index (χ1n) is 6.67. The minimum Gasteiger partial charge on any atom is -0.390 e. The van der Waals surface area contributed by atoms with Gasteiger partial charge in [0.25, 0.3) is 5.91 Å². The molecule has 2 rings (SSSR count). The van der Waals surface area contributed by atoms with Gasteiger partial charge >= 0.3 is 0 Å². The predicted molar refractivity (Wildman–Crippen MR) is 76.6 cm³/mol. The van der Waals surface area contributed by atoms with Crippen LogP contribution >= 0.6 is 11.6 Å². The van der Waals surface area contributed by atoms with Gasteiger partial charge < -0.3 is 10.0 Å². The molecule has 1 unspecified atom stereocenters. The average Bonchev–Trinajstić information content (AvgIpc) is 2.53. The van der Waals surface area contributed by atoms with Gasteiger partial charge in [-0.15, -0.1) is 0 Å². The summed E-state index contributed by atoms with van der Waals surface area (Å²) in [5, 5.41) is 10.6. The van der Waals surface area contributed by atoms with Crippen molar-refractivity contribution in [1.82, 2.24) is 4.90 Å². The van der Waals surface area contributed by atoms with Crippen molar-refractivity contribution < 1.29 is 9.90 Å². The topological polar surface area (TPSA) is 40.5 Å². The number of aryl methyl sites for hydroxylation is 1. The minimum absolute atomic E-state index is 0.0357. The van der Waals surface area contributed by atoms with Crippen molar-refractivity contribution in [3.63, 3.8) is 0 Å². The molecule has 1 aromatic rings. The van der Waals surface area contributed by atoms with Gasteiger partial charge in [-0.2, -0.15) is 0 Å². The second-order valence-corrected chi connectivity index (χ2v) is 5.96. The number of carbonyl (C=O) groups is 1. The van der Waals surface area contributed by atoms with E-state index in [4.69, 9.17) is 11.6 Å². The molecule has 0 aromatic heterocycles. The number of benzene rings is 1. The largest absolute Gasteiger partial charge is 0.390 e.